The lowest BCUT2D eigenvalue weighted by molar-refractivity contribution is -0.118. The van der Waals surface area contributed by atoms with E-state index in [0.717, 1.165) is 12.8 Å². The summed E-state index contributed by atoms with van der Waals surface area (Å²) in [6.45, 7) is 1.96. The second-order valence-corrected chi connectivity index (χ2v) is 7.28. The fraction of sp³-hybridized carbons (Fsp3) is 0.480. The number of rotatable bonds is 13. The molecule has 26 heavy (non-hydrogen) atoms. The van der Waals surface area contributed by atoms with Crippen molar-refractivity contribution in [1.29, 1.82) is 0 Å². The summed E-state index contributed by atoms with van der Waals surface area (Å²) in [6.07, 6.45) is 11.5. The van der Waals surface area contributed by atoms with Crippen molar-refractivity contribution < 1.29 is 4.79 Å². The van der Waals surface area contributed by atoms with Crippen LogP contribution in [0, 0.1) is 0 Å². The first-order valence-electron chi connectivity index (χ1n) is 10.4. The molecule has 0 saturated carbocycles. The highest BCUT2D eigenvalue weighted by molar-refractivity contribution is 5.77. The highest BCUT2D eigenvalue weighted by atomic mass is 16.1. The highest BCUT2D eigenvalue weighted by Gasteiger charge is 2.13. The molecule has 0 heterocycles. The van der Waals surface area contributed by atoms with Crippen LogP contribution in [0.3, 0.4) is 0 Å². The van der Waals surface area contributed by atoms with Crippen LogP contribution in [0.2, 0.25) is 0 Å². The van der Waals surface area contributed by atoms with E-state index in [0.29, 0.717) is 18.1 Å². The van der Waals surface area contributed by atoms with E-state index in [9.17, 15) is 4.79 Å². The van der Waals surface area contributed by atoms with Gasteiger partial charge < -0.3 is 0 Å². The van der Waals surface area contributed by atoms with Gasteiger partial charge in [-0.25, -0.2) is 0 Å². The molecule has 0 atom stereocenters. The van der Waals surface area contributed by atoms with Crippen LogP contribution in [-0.2, 0) is 4.79 Å². The quantitative estimate of drug-likeness (QED) is 0.346. The molecule has 0 aliphatic carbocycles. The van der Waals surface area contributed by atoms with Crippen molar-refractivity contribution in [3.63, 3.8) is 0 Å². The fourth-order valence-electron chi connectivity index (χ4n) is 3.63. The predicted molar refractivity (Wildman–Crippen MR) is 112 cm³/mol. The summed E-state index contributed by atoms with van der Waals surface area (Å²) in [5.74, 6) is 0.926. The Balaban J connectivity index is 1.68. The zero-order valence-corrected chi connectivity index (χ0v) is 16.3. The predicted octanol–water partition coefficient (Wildman–Crippen LogP) is 7.31. The van der Waals surface area contributed by atoms with Crippen molar-refractivity contribution in [2.75, 3.05) is 0 Å². The van der Waals surface area contributed by atoms with Crippen LogP contribution >= 0.6 is 0 Å². The Morgan fingerprint density at radius 2 is 1.15 bits per heavy atom. The van der Waals surface area contributed by atoms with Gasteiger partial charge in [-0.15, -0.1) is 0 Å². The number of ketones is 1. The van der Waals surface area contributed by atoms with Crippen LogP contribution in [0.4, 0.5) is 0 Å². The van der Waals surface area contributed by atoms with E-state index in [1.165, 1.54) is 56.1 Å². The summed E-state index contributed by atoms with van der Waals surface area (Å²) in [6, 6.07) is 21.8. The van der Waals surface area contributed by atoms with Gasteiger partial charge in [0, 0.05) is 18.8 Å². The third kappa shape index (κ3) is 7.56. The molecule has 0 radical (unpaired) electrons. The lowest BCUT2D eigenvalue weighted by atomic mass is 9.87. The van der Waals surface area contributed by atoms with Gasteiger partial charge in [0.2, 0.25) is 0 Å². The van der Waals surface area contributed by atoms with E-state index in [1.54, 1.807) is 0 Å². The number of hydrogen-bond donors (Lipinski definition) is 0. The second kappa shape index (κ2) is 12.5. The van der Waals surface area contributed by atoms with Crippen LogP contribution in [0.1, 0.15) is 88.2 Å². The first-order valence-corrected chi connectivity index (χ1v) is 10.4. The molecule has 2 aromatic rings. The van der Waals surface area contributed by atoms with E-state index in [2.05, 4.69) is 60.7 Å². The molecular weight excluding hydrogens is 316 g/mol. The molecule has 2 rings (SSSR count). The maximum atomic E-state index is 11.3. The molecule has 1 nitrogen and oxygen atoms in total. The van der Waals surface area contributed by atoms with E-state index in [1.807, 2.05) is 6.92 Å². The first-order chi connectivity index (χ1) is 12.8. The molecule has 2 aromatic carbocycles. The third-order valence-corrected chi connectivity index (χ3v) is 5.25. The molecule has 0 saturated heterocycles. The van der Waals surface area contributed by atoms with E-state index in [-0.39, 0.29) is 0 Å². The number of hydrogen-bond acceptors (Lipinski definition) is 1. The summed E-state index contributed by atoms with van der Waals surface area (Å²) in [7, 11) is 0. The Morgan fingerprint density at radius 1 is 0.692 bits per heavy atom. The topological polar surface area (TPSA) is 17.1 Å². The summed E-state index contributed by atoms with van der Waals surface area (Å²) in [5.41, 5.74) is 2.86. The number of carbonyl (C=O) groups excluding carboxylic acids is 1. The SMILES string of the molecule is CCC(=O)CCCCCCCCCC(c1ccccc1)c1ccccc1. The van der Waals surface area contributed by atoms with Crippen molar-refractivity contribution in [2.45, 2.75) is 77.0 Å². The molecule has 0 unspecified atom stereocenters. The van der Waals surface area contributed by atoms with Crippen LogP contribution in [0.25, 0.3) is 0 Å². The molecule has 0 fully saturated rings. The molecule has 0 spiro atoms. The lowest BCUT2D eigenvalue weighted by Crippen LogP contribution is -2.01. The van der Waals surface area contributed by atoms with Gasteiger partial charge in [-0.05, 0) is 24.0 Å². The van der Waals surface area contributed by atoms with Crippen molar-refractivity contribution in [3.05, 3.63) is 71.8 Å². The minimum absolute atomic E-state index is 0.415. The number of carbonyl (C=O) groups is 1. The van der Waals surface area contributed by atoms with Crippen molar-refractivity contribution in [1.82, 2.24) is 0 Å². The molecule has 0 bridgehead atoms. The zero-order valence-electron chi connectivity index (χ0n) is 16.3. The first kappa shape index (κ1) is 20.4. The highest BCUT2D eigenvalue weighted by Crippen LogP contribution is 2.30. The molecular formula is C25H34O. The summed E-state index contributed by atoms with van der Waals surface area (Å²) >= 11 is 0. The molecule has 0 N–H and O–H groups in total. The van der Waals surface area contributed by atoms with E-state index < -0.39 is 0 Å². The summed E-state index contributed by atoms with van der Waals surface area (Å²) in [4.78, 5) is 11.3. The van der Waals surface area contributed by atoms with Gasteiger partial charge in [0.1, 0.15) is 5.78 Å². The van der Waals surface area contributed by atoms with Gasteiger partial charge in [0.05, 0.1) is 0 Å². The number of unbranched alkanes of at least 4 members (excludes halogenated alkanes) is 6. The van der Waals surface area contributed by atoms with Crippen molar-refractivity contribution in [2.24, 2.45) is 0 Å². The monoisotopic (exact) mass is 350 g/mol. The maximum absolute atomic E-state index is 11.3. The average molecular weight is 351 g/mol. The smallest absolute Gasteiger partial charge is 0.132 e. The Hall–Kier alpha value is -1.89. The van der Waals surface area contributed by atoms with Crippen molar-refractivity contribution >= 4 is 5.78 Å². The Labute approximate surface area is 159 Å². The summed E-state index contributed by atoms with van der Waals surface area (Å²) in [5, 5.41) is 0. The van der Waals surface area contributed by atoms with Crippen molar-refractivity contribution in [3.8, 4) is 0 Å². The van der Waals surface area contributed by atoms with E-state index in [4.69, 9.17) is 0 Å². The standard InChI is InChI=1S/C25H34O/c1-2-24(26)20-14-6-4-3-5-7-15-21-25(22-16-10-8-11-17-22)23-18-12-9-13-19-23/h8-13,16-19,25H,2-7,14-15,20-21H2,1H3. The van der Waals surface area contributed by atoms with Crippen LogP contribution in [0.5, 0.6) is 0 Å². The number of Topliss-reactive ketones (excluding diaryl/α,β-unsaturated/α-hetero) is 1. The summed E-state index contributed by atoms with van der Waals surface area (Å²) < 4.78 is 0. The largest absolute Gasteiger partial charge is 0.300 e. The molecule has 0 aromatic heterocycles. The average Bonchev–Trinajstić information content (AvgIpc) is 2.70. The van der Waals surface area contributed by atoms with Gasteiger partial charge in [-0.3, -0.25) is 4.79 Å². The third-order valence-electron chi connectivity index (χ3n) is 5.25. The molecule has 0 aliphatic rings. The Kier molecular flexibility index (Phi) is 9.79. The minimum Gasteiger partial charge on any atom is -0.300 e. The van der Waals surface area contributed by atoms with Gasteiger partial charge in [0.15, 0.2) is 0 Å². The fourth-order valence-corrected chi connectivity index (χ4v) is 3.63. The van der Waals surface area contributed by atoms with Gasteiger partial charge in [0.25, 0.3) is 0 Å². The van der Waals surface area contributed by atoms with Gasteiger partial charge in [-0.1, -0.05) is 106 Å². The lowest BCUT2D eigenvalue weighted by Gasteiger charge is -2.18. The minimum atomic E-state index is 0.415. The van der Waals surface area contributed by atoms with Crippen LogP contribution in [0.15, 0.2) is 60.7 Å². The van der Waals surface area contributed by atoms with Crippen LogP contribution < -0.4 is 0 Å². The van der Waals surface area contributed by atoms with Crippen LogP contribution in [-0.4, -0.2) is 5.78 Å². The zero-order chi connectivity index (χ0) is 18.5. The van der Waals surface area contributed by atoms with E-state index >= 15 is 0 Å². The normalized spacial score (nSPS) is 11.0. The Bertz CT molecular complexity index is 563. The molecule has 1 heteroatoms. The molecule has 0 aliphatic heterocycles. The number of benzene rings is 2. The van der Waals surface area contributed by atoms with Gasteiger partial charge >= 0.3 is 0 Å². The molecule has 140 valence electrons. The Morgan fingerprint density at radius 3 is 1.65 bits per heavy atom. The van der Waals surface area contributed by atoms with Gasteiger partial charge in [-0.2, -0.15) is 0 Å². The maximum Gasteiger partial charge on any atom is 0.132 e. The second-order valence-electron chi connectivity index (χ2n) is 7.28. The molecule has 0 amide bonds.